The summed E-state index contributed by atoms with van der Waals surface area (Å²) in [4.78, 5) is 10.5. The van der Waals surface area contributed by atoms with Crippen molar-refractivity contribution in [1.82, 2.24) is 0 Å². The maximum Gasteiger partial charge on any atom is 0.303 e. The Balaban J connectivity index is 1.98. The standard InChI is InChI=1S/C16H22O2/c1-10-6-11(2)16(12(3)7-10)14-8-13(9-14)4-5-15(17)18/h6-7,13-14H,4-5,8-9H2,1-3H3,(H,17,18). The number of aryl methyl sites for hydroxylation is 3. The first-order valence-electron chi connectivity index (χ1n) is 6.77. The maximum absolute atomic E-state index is 10.5. The van der Waals surface area contributed by atoms with Crippen LogP contribution in [0.5, 0.6) is 0 Å². The number of hydrogen-bond acceptors (Lipinski definition) is 1. The first kappa shape index (κ1) is 13.1. The SMILES string of the molecule is Cc1cc(C)c(C2CC(CCC(=O)O)C2)c(C)c1. The lowest BCUT2D eigenvalue weighted by atomic mass is 9.68. The van der Waals surface area contributed by atoms with Gasteiger partial charge < -0.3 is 5.11 Å². The molecule has 2 heteroatoms. The second-order valence-corrected chi connectivity index (χ2v) is 5.78. The summed E-state index contributed by atoms with van der Waals surface area (Å²) in [6.45, 7) is 6.53. The predicted octanol–water partition coefficient (Wildman–Crippen LogP) is 3.97. The lowest BCUT2D eigenvalue weighted by Crippen LogP contribution is -2.24. The summed E-state index contributed by atoms with van der Waals surface area (Å²) in [5.41, 5.74) is 5.63. The zero-order valence-corrected chi connectivity index (χ0v) is 11.5. The predicted molar refractivity (Wildman–Crippen MR) is 73.0 cm³/mol. The van der Waals surface area contributed by atoms with E-state index in [4.69, 9.17) is 5.11 Å². The van der Waals surface area contributed by atoms with Gasteiger partial charge in [0.15, 0.2) is 0 Å². The lowest BCUT2D eigenvalue weighted by molar-refractivity contribution is -0.137. The molecular formula is C16H22O2. The minimum absolute atomic E-state index is 0.323. The molecule has 1 aliphatic rings. The van der Waals surface area contributed by atoms with Crippen molar-refractivity contribution in [3.8, 4) is 0 Å². The topological polar surface area (TPSA) is 37.3 Å². The van der Waals surface area contributed by atoms with E-state index in [1.165, 1.54) is 22.3 Å². The van der Waals surface area contributed by atoms with Gasteiger partial charge in [0.1, 0.15) is 0 Å². The molecule has 0 heterocycles. The monoisotopic (exact) mass is 246 g/mol. The van der Waals surface area contributed by atoms with Crippen LogP contribution in [-0.2, 0) is 4.79 Å². The van der Waals surface area contributed by atoms with Crippen LogP contribution < -0.4 is 0 Å². The van der Waals surface area contributed by atoms with Gasteiger partial charge in [0, 0.05) is 6.42 Å². The van der Waals surface area contributed by atoms with Crippen LogP contribution >= 0.6 is 0 Å². The number of carboxylic acid groups (broad SMARTS) is 1. The Kier molecular flexibility index (Phi) is 3.74. The van der Waals surface area contributed by atoms with Crippen LogP contribution in [-0.4, -0.2) is 11.1 Å². The van der Waals surface area contributed by atoms with Gasteiger partial charge in [-0.15, -0.1) is 0 Å². The quantitative estimate of drug-likeness (QED) is 0.872. The first-order valence-corrected chi connectivity index (χ1v) is 6.77. The van der Waals surface area contributed by atoms with Gasteiger partial charge in [0.25, 0.3) is 0 Å². The van der Waals surface area contributed by atoms with E-state index >= 15 is 0 Å². The van der Waals surface area contributed by atoms with E-state index in [0.717, 1.165) is 19.3 Å². The molecule has 18 heavy (non-hydrogen) atoms. The molecule has 1 saturated carbocycles. The minimum atomic E-state index is -0.666. The van der Waals surface area contributed by atoms with Crippen molar-refractivity contribution in [2.45, 2.75) is 52.4 Å². The van der Waals surface area contributed by atoms with Crippen molar-refractivity contribution < 1.29 is 9.90 Å². The lowest BCUT2D eigenvalue weighted by Gasteiger charge is -2.37. The number of rotatable bonds is 4. The second kappa shape index (κ2) is 5.13. The molecule has 2 nitrogen and oxygen atoms in total. The molecule has 98 valence electrons. The number of aliphatic carboxylic acids is 1. The number of hydrogen-bond donors (Lipinski definition) is 1. The van der Waals surface area contributed by atoms with Crippen LogP contribution in [0.25, 0.3) is 0 Å². The van der Waals surface area contributed by atoms with E-state index in [2.05, 4.69) is 32.9 Å². The molecule has 0 bridgehead atoms. The molecule has 1 aromatic carbocycles. The van der Waals surface area contributed by atoms with Crippen molar-refractivity contribution in [3.05, 3.63) is 34.4 Å². The molecule has 1 aromatic rings. The van der Waals surface area contributed by atoms with Crippen molar-refractivity contribution in [3.63, 3.8) is 0 Å². The smallest absolute Gasteiger partial charge is 0.303 e. The van der Waals surface area contributed by atoms with Gasteiger partial charge in [-0.05, 0) is 68.6 Å². The molecule has 0 atom stereocenters. The summed E-state index contributed by atoms with van der Waals surface area (Å²) in [5, 5.41) is 8.68. The fourth-order valence-corrected chi connectivity index (χ4v) is 3.37. The molecule has 0 aromatic heterocycles. The summed E-state index contributed by atoms with van der Waals surface area (Å²) < 4.78 is 0. The van der Waals surface area contributed by atoms with Crippen LogP contribution in [0.4, 0.5) is 0 Å². The second-order valence-electron chi connectivity index (χ2n) is 5.78. The van der Waals surface area contributed by atoms with Gasteiger partial charge in [-0.3, -0.25) is 4.79 Å². The Labute approximate surface area is 109 Å². The third-order valence-corrected chi connectivity index (χ3v) is 4.15. The van der Waals surface area contributed by atoms with Crippen LogP contribution in [0.15, 0.2) is 12.1 Å². The van der Waals surface area contributed by atoms with E-state index in [-0.39, 0.29) is 0 Å². The molecule has 0 amide bonds. The molecule has 0 spiro atoms. The average Bonchev–Trinajstić information content (AvgIpc) is 2.17. The highest BCUT2D eigenvalue weighted by Gasteiger charge is 2.32. The minimum Gasteiger partial charge on any atom is -0.481 e. The normalized spacial score (nSPS) is 22.6. The summed E-state index contributed by atoms with van der Waals surface area (Å²) in [5.74, 6) is 0.608. The molecule has 0 saturated heterocycles. The van der Waals surface area contributed by atoms with Crippen molar-refractivity contribution >= 4 is 5.97 Å². The van der Waals surface area contributed by atoms with Crippen LogP contribution in [0, 0.1) is 26.7 Å². The first-order chi connectivity index (χ1) is 8.47. The zero-order chi connectivity index (χ0) is 13.3. The van der Waals surface area contributed by atoms with Crippen LogP contribution in [0.3, 0.4) is 0 Å². The third kappa shape index (κ3) is 2.74. The molecule has 0 aliphatic heterocycles. The highest BCUT2D eigenvalue weighted by atomic mass is 16.4. The van der Waals surface area contributed by atoms with Gasteiger partial charge in [-0.2, -0.15) is 0 Å². The molecule has 2 rings (SSSR count). The Morgan fingerprint density at radius 1 is 1.22 bits per heavy atom. The fraction of sp³-hybridized carbons (Fsp3) is 0.562. The number of carbonyl (C=O) groups is 1. The summed E-state index contributed by atoms with van der Waals surface area (Å²) in [6.07, 6.45) is 3.50. The Morgan fingerprint density at radius 3 is 2.28 bits per heavy atom. The molecule has 1 aliphatic carbocycles. The molecule has 0 radical (unpaired) electrons. The summed E-state index contributed by atoms with van der Waals surface area (Å²) >= 11 is 0. The van der Waals surface area contributed by atoms with Crippen molar-refractivity contribution in [1.29, 1.82) is 0 Å². The van der Waals surface area contributed by atoms with Gasteiger partial charge in [-0.1, -0.05) is 17.7 Å². The summed E-state index contributed by atoms with van der Waals surface area (Å²) in [6, 6.07) is 4.51. The van der Waals surface area contributed by atoms with Crippen molar-refractivity contribution in [2.24, 2.45) is 5.92 Å². The van der Waals surface area contributed by atoms with E-state index in [1.54, 1.807) is 0 Å². The van der Waals surface area contributed by atoms with Gasteiger partial charge in [0.2, 0.25) is 0 Å². The highest BCUT2D eigenvalue weighted by molar-refractivity contribution is 5.66. The van der Waals surface area contributed by atoms with Gasteiger partial charge in [-0.25, -0.2) is 0 Å². The number of carboxylic acids is 1. The largest absolute Gasteiger partial charge is 0.481 e. The van der Waals surface area contributed by atoms with E-state index < -0.39 is 5.97 Å². The Morgan fingerprint density at radius 2 is 1.78 bits per heavy atom. The number of benzene rings is 1. The Hall–Kier alpha value is -1.31. The summed E-state index contributed by atoms with van der Waals surface area (Å²) in [7, 11) is 0. The molecule has 1 N–H and O–H groups in total. The van der Waals surface area contributed by atoms with Crippen LogP contribution in [0.2, 0.25) is 0 Å². The van der Waals surface area contributed by atoms with Gasteiger partial charge >= 0.3 is 5.97 Å². The highest BCUT2D eigenvalue weighted by Crippen LogP contribution is 2.45. The van der Waals surface area contributed by atoms with E-state index in [9.17, 15) is 4.79 Å². The molecule has 1 fully saturated rings. The molecule has 0 unspecified atom stereocenters. The maximum atomic E-state index is 10.5. The third-order valence-electron chi connectivity index (χ3n) is 4.15. The van der Waals surface area contributed by atoms with Gasteiger partial charge in [0.05, 0.1) is 0 Å². The fourth-order valence-electron chi connectivity index (χ4n) is 3.37. The Bertz CT molecular complexity index is 433. The average molecular weight is 246 g/mol. The zero-order valence-electron chi connectivity index (χ0n) is 11.5. The van der Waals surface area contributed by atoms with Crippen LogP contribution in [0.1, 0.15) is 53.9 Å². The van der Waals surface area contributed by atoms with Crippen molar-refractivity contribution in [2.75, 3.05) is 0 Å². The van der Waals surface area contributed by atoms with E-state index in [1.807, 2.05) is 0 Å². The molecular weight excluding hydrogens is 224 g/mol. The van der Waals surface area contributed by atoms with E-state index in [0.29, 0.717) is 18.3 Å².